The summed E-state index contributed by atoms with van der Waals surface area (Å²) in [5.41, 5.74) is 4.49. The highest BCUT2D eigenvalue weighted by Crippen LogP contribution is 2.33. The molecule has 30 heavy (non-hydrogen) atoms. The van der Waals surface area contributed by atoms with E-state index in [1.54, 1.807) is 0 Å². The minimum Gasteiger partial charge on any atom is -0.363 e. The summed E-state index contributed by atoms with van der Waals surface area (Å²) < 4.78 is 0. The Morgan fingerprint density at radius 3 is 2.77 bits per heavy atom. The summed E-state index contributed by atoms with van der Waals surface area (Å²) in [6.07, 6.45) is 4.14. The summed E-state index contributed by atoms with van der Waals surface area (Å²) in [6.45, 7) is 1.91. The minimum atomic E-state index is -0.146. The van der Waals surface area contributed by atoms with Gasteiger partial charge in [0, 0.05) is 17.1 Å². The topological polar surface area (TPSA) is 78.1 Å². The minimum absolute atomic E-state index is 0.146. The smallest absolute Gasteiger partial charge is 0.319 e. The van der Waals surface area contributed by atoms with Gasteiger partial charge >= 0.3 is 6.03 Å². The van der Waals surface area contributed by atoms with Gasteiger partial charge < -0.3 is 21.3 Å². The van der Waals surface area contributed by atoms with Crippen LogP contribution >= 0.6 is 0 Å². The van der Waals surface area contributed by atoms with Crippen LogP contribution in [0.3, 0.4) is 0 Å². The van der Waals surface area contributed by atoms with Crippen LogP contribution in [0.1, 0.15) is 36.4 Å². The summed E-state index contributed by atoms with van der Waals surface area (Å²) in [6, 6.07) is 18.9. The fourth-order valence-corrected chi connectivity index (χ4v) is 4.49. The average molecular weight is 402 g/mol. The molecule has 1 saturated heterocycles. The highest BCUT2D eigenvalue weighted by molar-refractivity contribution is 5.93. The lowest BCUT2D eigenvalue weighted by atomic mass is 10.1. The van der Waals surface area contributed by atoms with Gasteiger partial charge in [0.25, 0.3) is 0 Å². The Morgan fingerprint density at radius 1 is 1.00 bits per heavy atom. The Kier molecular flexibility index (Phi) is 5.24. The molecule has 1 unspecified atom stereocenters. The number of urea groups is 1. The van der Waals surface area contributed by atoms with Gasteiger partial charge in [-0.15, -0.1) is 0 Å². The standard InChI is InChI=1S/C24H27N5O/c30-24(26-18-11-13-25-14-12-18)27-19-7-9-21-17(15-19)6-10-23(28-21)29-22-8-5-16-3-1-2-4-20(16)22/h1-4,6-7,9-10,15,18,22,25H,5,8,11-14H2,(H,28,29)(H2,26,27,30). The fraction of sp³-hybridized carbons (Fsp3) is 0.333. The lowest BCUT2D eigenvalue weighted by Crippen LogP contribution is -2.44. The first kappa shape index (κ1) is 18.9. The number of amides is 2. The summed E-state index contributed by atoms with van der Waals surface area (Å²) in [5.74, 6) is 0.883. The first-order valence-corrected chi connectivity index (χ1v) is 10.8. The van der Waals surface area contributed by atoms with Crippen molar-refractivity contribution in [3.05, 3.63) is 65.7 Å². The average Bonchev–Trinajstić information content (AvgIpc) is 3.17. The van der Waals surface area contributed by atoms with Gasteiger partial charge in [0.2, 0.25) is 0 Å². The lowest BCUT2D eigenvalue weighted by molar-refractivity contribution is 0.245. The third-order valence-corrected chi connectivity index (χ3v) is 6.08. The number of piperidine rings is 1. The second kappa shape index (κ2) is 8.32. The molecule has 2 aromatic carbocycles. The second-order valence-electron chi connectivity index (χ2n) is 8.16. The zero-order valence-electron chi connectivity index (χ0n) is 16.9. The molecule has 1 aliphatic heterocycles. The Hall–Kier alpha value is -3.12. The van der Waals surface area contributed by atoms with Gasteiger partial charge in [-0.3, -0.25) is 0 Å². The maximum Gasteiger partial charge on any atom is 0.319 e. The quantitative estimate of drug-likeness (QED) is 0.528. The van der Waals surface area contributed by atoms with Crippen molar-refractivity contribution in [1.82, 2.24) is 15.6 Å². The number of nitrogens with one attached hydrogen (secondary N) is 4. The van der Waals surface area contributed by atoms with Crippen LogP contribution in [0, 0.1) is 0 Å². The van der Waals surface area contributed by atoms with Gasteiger partial charge in [0.1, 0.15) is 5.82 Å². The van der Waals surface area contributed by atoms with E-state index in [4.69, 9.17) is 4.98 Å². The van der Waals surface area contributed by atoms with Crippen molar-refractivity contribution in [1.29, 1.82) is 0 Å². The maximum absolute atomic E-state index is 12.3. The van der Waals surface area contributed by atoms with Crippen molar-refractivity contribution >= 4 is 28.4 Å². The molecule has 5 rings (SSSR count). The van der Waals surface area contributed by atoms with E-state index < -0.39 is 0 Å². The van der Waals surface area contributed by atoms with Gasteiger partial charge in [0.15, 0.2) is 0 Å². The van der Waals surface area contributed by atoms with Crippen LogP contribution < -0.4 is 21.3 Å². The number of hydrogen-bond donors (Lipinski definition) is 4. The number of benzene rings is 2. The number of rotatable bonds is 4. The molecular formula is C24H27N5O. The first-order chi connectivity index (χ1) is 14.7. The molecule has 3 aromatic rings. The van der Waals surface area contributed by atoms with E-state index in [1.165, 1.54) is 11.1 Å². The van der Waals surface area contributed by atoms with E-state index in [9.17, 15) is 4.79 Å². The Balaban J connectivity index is 1.25. The molecular weight excluding hydrogens is 374 g/mol. The fourth-order valence-electron chi connectivity index (χ4n) is 4.49. The highest BCUT2D eigenvalue weighted by atomic mass is 16.2. The third-order valence-electron chi connectivity index (χ3n) is 6.08. The Labute approximate surface area is 176 Å². The summed E-state index contributed by atoms with van der Waals surface area (Å²) in [4.78, 5) is 17.1. The van der Waals surface area contributed by atoms with E-state index in [0.29, 0.717) is 6.04 Å². The molecule has 1 fully saturated rings. The predicted octanol–water partition coefficient (Wildman–Crippen LogP) is 4.21. The third kappa shape index (κ3) is 4.09. The number of carbonyl (C=O) groups is 1. The molecule has 154 valence electrons. The SMILES string of the molecule is O=C(Nc1ccc2nc(NC3CCc4ccccc43)ccc2c1)NC1CCNCC1. The molecule has 0 radical (unpaired) electrons. The molecule has 6 nitrogen and oxygen atoms in total. The zero-order valence-corrected chi connectivity index (χ0v) is 16.9. The maximum atomic E-state index is 12.3. The molecule has 2 heterocycles. The van der Waals surface area contributed by atoms with E-state index in [-0.39, 0.29) is 12.1 Å². The van der Waals surface area contributed by atoms with Gasteiger partial charge in [0.05, 0.1) is 11.6 Å². The van der Waals surface area contributed by atoms with E-state index in [2.05, 4.69) is 51.6 Å². The van der Waals surface area contributed by atoms with E-state index >= 15 is 0 Å². The van der Waals surface area contributed by atoms with Crippen LogP contribution in [0.25, 0.3) is 10.9 Å². The van der Waals surface area contributed by atoms with Crippen molar-refractivity contribution in [2.45, 2.75) is 37.8 Å². The number of hydrogen-bond acceptors (Lipinski definition) is 4. The predicted molar refractivity (Wildman–Crippen MR) is 121 cm³/mol. The van der Waals surface area contributed by atoms with E-state index in [1.807, 2.05) is 24.3 Å². The van der Waals surface area contributed by atoms with Gasteiger partial charge in [-0.1, -0.05) is 24.3 Å². The van der Waals surface area contributed by atoms with Gasteiger partial charge in [-0.25, -0.2) is 9.78 Å². The van der Waals surface area contributed by atoms with Crippen molar-refractivity contribution in [2.75, 3.05) is 23.7 Å². The van der Waals surface area contributed by atoms with Crippen LogP contribution in [0.4, 0.5) is 16.3 Å². The van der Waals surface area contributed by atoms with Gasteiger partial charge in [-0.05, 0) is 80.2 Å². The Morgan fingerprint density at radius 2 is 1.87 bits per heavy atom. The number of aryl methyl sites for hydroxylation is 1. The molecule has 6 heteroatoms. The molecule has 0 saturated carbocycles. The molecule has 0 spiro atoms. The van der Waals surface area contributed by atoms with Gasteiger partial charge in [-0.2, -0.15) is 0 Å². The van der Waals surface area contributed by atoms with Crippen LogP contribution in [-0.4, -0.2) is 30.1 Å². The molecule has 0 bridgehead atoms. The second-order valence-corrected chi connectivity index (χ2v) is 8.16. The summed E-state index contributed by atoms with van der Waals surface area (Å²) in [5, 5.41) is 13.9. The number of aromatic nitrogens is 1. The van der Waals surface area contributed by atoms with Crippen LogP contribution in [-0.2, 0) is 6.42 Å². The van der Waals surface area contributed by atoms with Crippen LogP contribution in [0.15, 0.2) is 54.6 Å². The Bertz CT molecular complexity index is 1060. The van der Waals surface area contributed by atoms with E-state index in [0.717, 1.165) is 61.2 Å². The number of nitrogens with zero attached hydrogens (tertiary/aromatic N) is 1. The number of carbonyl (C=O) groups excluding carboxylic acids is 1. The number of fused-ring (bicyclic) bond motifs is 2. The molecule has 1 atom stereocenters. The number of pyridine rings is 1. The molecule has 2 amide bonds. The summed E-state index contributed by atoms with van der Waals surface area (Å²) >= 11 is 0. The summed E-state index contributed by atoms with van der Waals surface area (Å²) in [7, 11) is 0. The zero-order chi connectivity index (χ0) is 20.3. The molecule has 1 aromatic heterocycles. The van der Waals surface area contributed by atoms with Crippen molar-refractivity contribution in [2.24, 2.45) is 0 Å². The normalized spacial score (nSPS) is 18.7. The molecule has 1 aliphatic carbocycles. The molecule has 2 aliphatic rings. The largest absolute Gasteiger partial charge is 0.363 e. The van der Waals surface area contributed by atoms with Crippen molar-refractivity contribution in [3.63, 3.8) is 0 Å². The van der Waals surface area contributed by atoms with Crippen molar-refractivity contribution in [3.8, 4) is 0 Å². The lowest BCUT2D eigenvalue weighted by Gasteiger charge is -2.23. The van der Waals surface area contributed by atoms with Crippen molar-refractivity contribution < 1.29 is 4.79 Å². The monoisotopic (exact) mass is 401 g/mol. The van der Waals surface area contributed by atoms with Crippen LogP contribution in [0.5, 0.6) is 0 Å². The highest BCUT2D eigenvalue weighted by Gasteiger charge is 2.22. The molecule has 4 N–H and O–H groups in total. The van der Waals surface area contributed by atoms with Crippen LogP contribution in [0.2, 0.25) is 0 Å². The first-order valence-electron chi connectivity index (χ1n) is 10.8. The number of anilines is 2.